The van der Waals surface area contributed by atoms with Crippen molar-refractivity contribution in [3.05, 3.63) is 80.0 Å². The number of benzene rings is 2. The van der Waals surface area contributed by atoms with E-state index in [-0.39, 0.29) is 26.9 Å². The second-order valence-corrected chi connectivity index (χ2v) is 8.91. The number of methoxy groups -OCH3 is 1. The van der Waals surface area contributed by atoms with Crippen LogP contribution >= 0.6 is 34.5 Å². The topological polar surface area (TPSA) is 76.1 Å². The van der Waals surface area contributed by atoms with Gasteiger partial charge in [-0.15, -0.1) is 11.3 Å². The standard InChI is InChI=1S/C24H19Cl2NO5S/c1-3-32-15-7-4-6-14(12-15)27-20(18-8-5-9-33-18)19(22(29)24(27)30)21(28)16-10-13(25)11-17(26)23(16)31-2/h4-12,20,28H,3H2,1-2H3/b21-19-. The van der Waals surface area contributed by atoms with Crippen LogP contribution in [0.2, 0.25) is 10.0 Å². The summed E-state index contributed by atoms with van der Waals surface area (Å²) in [5.74, 6) is -1.31. The van der Waals surface area contributed by atoms with Crippen molar-refractivity contribution in [2.75, 3.05) is 18.6 Å². The molecular weight excluding hydrogens is 485 g/mol. The molecule has 4 rings (SSSR count). The lowest BCUT2D eigenvalue weighted by atomic mass is 9.99. The Morgan fingerprint density at radius 2 is 1.94 bits per heavy atom. The molecule has 0 aliphatic carbocycles. The maximum absolute atomic E-state index is 13.2. The maximum Gasteiger partial charge on any atom is 0.300 e. The highest BCUT2D eigenvalue weighted by Crippen LogP contribution is 2.46. The van der Waals surface area contributed by atoms with Gasteiger partial charge in [-0.25, -0.2) is 0 Å². The molecule has 1 unspecified atom stereocenters. The number of thiophene rings is 1. The molecule has 1 saturated heterocycles. The van der Waals surface area contributed by atoms with Crippen molar-refractivity contribution in [3.8, 4) is 11.5 Å². The van der Waals surface area contributed by atoms with Crippen molar-refractivity contribution in [2.24, 2.45) is 0 Å². The highest BCUT2D eigenvalue weighted by atomic mass is 35.5. The number of anilines is 1. The summed E-state index contributed by atoms with van der Waals surface area (Å²) in [7, 11) is 1.39. The first-order valence-electron chi connectivity index (χ1n) is 9.98. The Balaban J connectivity index is 1.95. The zero-order chi connectivity index (χ0) is 23.7. The van der Waals surface area contributed by atoms with E-state index in [0.29, 0.717) is 22.9 Å². The van der Waals surface area contributed by atoms with E-state index in [4.69, 9.17) is 32.7 Å². The van der Waals surface area contributed by atoms with E-state index in [1.165, 1.54) is 35.5 Å². The van der Waals surface area contributed by atoms with E-state index in [0.717, 1.165) is 0 Å². The summed E-state index contributed by atoms with van der Waals surface area (Å²) in [5.41, 5.74) is 0.509. The summed E-state index contributed by atoms with van der Waals surface area (Å²) in [6.07, 6.45) is 0. The number of hydrogen-bond donors (Lipinski definition) is 1. The second kappa shape index (κ2) is 9.47. The van der Waals surface area contributed by atoms with Gasteiger partial charge in [-0.3, -0.25) is 14.5 Å². The average molecular weight is 504 g/mol. The minimum Gasteiger partial charge on any atom is -0.507 e. The molecule has 1 aromatic heterocycles. The number of nitrogens with zero attached hydrogens (tertiary/aromatic N) is 1. The van der Waals surface area contributed by atoms with Crippen molar-refractivity contribution >= 4 is 57.7 Å². The van der Waals surface area contributed by atoms with Crippen LogP contribution in [0, 0.1) is 0 Å². The summed E-state index contributed by atoms with van der Waals surface area (Å²) in [5, 5.41) is 13.5. The van der Waals surface area contributed by atoms with Crippen molar-refractivity contribution < 1.29 is 24.2 Å². The van der Waals surface area contributed by atoms with Crippen molar-refractivity contribution in [1.82, 2.24) is 0 Å². The molecule has 0 saturated carbocycles. The Morgan fingerprint density at radius 1 is 1.15 bits per heavy atom. The number of ether oxygens (including phenoxy) is 2. The van der Waals surface area contributed by atoms with Gasteiger partial charge in [0.25, 0.3) is 11.7 Å². The molecule has 9 heteroatoms. The van der Waals surface area contributed by atoms with Crippen molar-refractivity contribution in [1.29, 1.82) is 0 Å². The van der Waals surface area contributed by atoms with E-state index < -0.39 is 23.5 Å². The van der Waals surface area contributed by atoms with Crippen LogP contribution in [0.1, 0.15) is 23.4 Å². The number of halogens is 2. The molecule has 2 aromatic carbocycles. The Kier molecular flexibility index (Phi) is 6.65. The fraction of sp³-hybridized carbons (Fsp3) is 0.167. The third-order valence-electron chi connectivity index (χ3n) is 5.13. The molecule has 1 atom stereocenters. The van der Waals surface area contributed by atoms with E-state index in [1.54, 1.807) is 30.3 Å². The number of hydrogen-bond acceptors (Lipinski definition) is 6. The third-order valence-corrected chi connectivity index (χ3v) is 6.56. The normalized spacial score (nSPS) is 17.5. The van der Waals surface area contributed by atoms with E-state index >= 15 is 0 Å². The number of rotatable bonds is 6. The van der Waals surface area contributed by atoms with Gasteiger partial charge in [-0.05, 0) is 42.6 Å². The molecule has 0 radical (unpaired) electrons. The first-order chi connectivity index (χ1) is 15.9. The lowest BCUT2D eigenvalue weighted by molar-refractivity contribution is -0.132. The third kappa shape index (κ3) is 4.19. The van der Waals surface area contributed by atoms with Crippen LogP contribution in [0.4, 0.5) is 5.69 Å². The monoisotopic (exact) mass is 503 g/mol. The van der Waals surface area contributed by atoms with Crippen LogP contribution in [0.15, 0.2) is 59.5 Å². The first kappa shape index (κ1) is 23.2. The zero-order valence-corrected chi connectivity index (χ0v) is 20.0. The lowest BCUT2D eigenvalue weighted by Gasteiger charge is -2.24. The fourth-order valence-corrected chi connectivity index (χ4v) is 5.19. The number of amides is 1. The molecule has 1 fully saturated rings. The van der Waals surface area contributed by atoms with Gasteiger partial charge in [0.05, 0.1) is 29.9 Å². The molecule has 0 spiro atoms. The number of ketones is 1. The van der Waals surface area contributed by atoms with Crippen LogP contribution in [0.5, 0.6) is 11.5 Å². The summed E-state index contributed by atoms with van der Waals surface area (Å²) in [4.78, 5) is 28.5. The minimum absolute atomic E-state index is 0.0825. The molecular formula is C24H19Cl2NO5S. The summed E-state index contributed by atoms with van der Waals surface area (Å²) >= 11 is 13.8. The fourth-order valence-electron chi connectivity index (χ4n) is 3.79. The molecule has 1 aliphatic rings. The van der Waals surface area contributed by atoms with Crippen LogP contribution in [-0.4, -0.2) is 30.5 Å². The average Bonchev–Trinajstić information content (AvgIpc) is 3.40. The molecule has 3 aromatic rings. The van der Waals surface area contributed by atoms with E-state index in [2.05, 4.69) is 0 Å². The molecule has 33 heavy (non-hydrogen) atoms. The Morgan fingerprint density at radius 3 is 2.61 bits per heavy atom. The molecule has 2 heterocycles. The predicted molar refractivity (Wildman–Crippen MR) is 130 cm³/mol. The van der Waals surface area contributed by atoms with Gasteiger partial charge in [0.1, 0.15) is 23.3 Å². The zero-order valence-electron chi connectivity index (χ0n) is 17.7. The molecule has 170 valence electrons. The van der Waals surface area contributed by atoms with Crippen LogP contribution in [0.25, 0.3) is 5.76 Å². The molecule has 0 bridgehead atoms. The number of carbonyl (C=O) groups is 2. The number of Topliss-reactive ketones (excluding diaryl/α,β-unsaturated/α-hetero) is 1. The van der Waals surface area contributed by atoms with Crippen molar-refractivity contribution in [3.63, 3.8) is 0 Å². The number of carbonyl (C=O) groups excluding carboxylic acids is 2. The van der Waals surface area contributed by atoms with Gasteiger partial charge in [0.15, 0.2) is 0 Å². The summed E-state index contributed by atoms with van der Waals surface area (Å²) < 4.78 is 10.9. The van der Waals surface area contributed by atoms with E-state index in [9.17, 15) is 14.7 Å². The van der Waals surface area contributed by atoms with Gasteiger partial charge in [0.2, 0.25) is 0 Å². The highest BCUT2D eigenvalue weighted by molar-refractivity contribution is 7.10. The number of aliphatic hydroxyl groups excluding tert-OH is 1. The molecule has 1 amide bonds. The van der Waals surface area contributed by atoms with Gasteiger partial charge in [-0.2, -0.15) is 0 Å². The van der Waals surface area contributed by atoms with Gasteiger partial charge in [0, 0.05) is 21.7 Å². The largest absolute Gasteiger partial charge is 0.507 e. The van der Waals surface area contributed by atoms with E-state index in [1.807, 2.05) is 18.4 Å². The Hall–Kier alpha value is -3.00. The lowest BCUT2D eigenvalue weighted by Crippen LogP contribution is -2.29. The Bertz CT molecular complexity index is 1260. The summed E-state index contributed by atoms with van der Waals surface area (Å²) in [6.45, 7) is 2.31. The van der Waals surface area contributed by atoms with Crippen LogP contribution < -0.4 is 14.4 Å². The summed E-state index contributed by atoms with van der Waals surface area (Å²) in [6, 6.07) is 12.6. The molecule has 1 aliphatic heterocycles. The van der Waals surface area contributed by atoms with Crippen LogP contribution in [0.3, 0.4) is 0 Å². The first-order valence-corrected chi connectivity index (χ1v) is 11.6. The quantitative estimate of drug-likeness (QED) is 0.250. The minimum atomic E-state index is -0.857. The predicted octanol–water partition coefficient (Wildman–Crippen LogP) is 6.09. The number of aliphatic hydroxyl groups is 1. The highest BCUT2D eigenvalue weighted by Gasteiger charge is 2.47. The smallest absolute Gasteiger partial charge is 0.300 e. The SMILES string of the molecule is CCOc1cccc(N2C(=O)C(=O)/C(=C(\O)c3cc(Cl)cc(Cl)c3OC)C2c2cccs2)c1. The van der Waals surface area contributed by atoms with Gasteiger partial charge >= 0.3 is 0 Å². The second-order valence-electron chi connectivity index (χ2n) is 7.08. The molecule has 6 nitrogen and oxygen atoms in total. The molecule has 1 N–H and O–H groups in total. The van der Waals surface area contributed by atoms with Gasteiger partial charge in [-0.1, -0.05) is 35.3 Å². The Labute approximate surface area is 204 Å². The van der Waals surface area contributed by atoms with Crippen molar-refractivity contribution in [2.45, 2.75) is 13.0 Å². The maximum atomic E-state index is 13.2. The van der Waals surface area contributed by atoms with Crippen LogP contribution in [-0.2, 0) is 9.59 Å². The van der Waals surface area contributed by atoms with Gasteiger partial charge < -0.3 is 14.6 Å².